The molecule has 2 heterocycles. The van der Waals surface area contributed by atoms with Gasteiger partial charge in [0.2, 0.25) is 10.0 Å². The van der Waals surface area contributed by atoms with Gasteiger partial charge in [-0.05, 0) is 57.2 Å². The van der Waals surface area contributed by atoms with E-state index in [1.807, 2.05) is 13.8 Å². The van der Waals surface area contributed by atoms with Crippen LogP contribution in [0.25, 0.3) is 0 Å². The Morgan fingerprint density at radius 1 is 1.12 bits per heavy atom. The normalized spacial score (nSPS) is 23.2. The van der Waals surface area contributed by atoms with Gasteiger partial charge in [-0.15, -0.1) is 0 Å². The molecule has 1 unspecified atom stereocenters. The Morgan fingerprint density at radius 2 is 1.81 bits per heavy atom. The molecular formula is C19H29N3O3S. The van der Waals surface area contributed by atoms with Gasteiger partial charge >= 0.3 is 0 Å². The first-order valence-corrected chi connectivity index (χ1v) is 10.9. The molecule has 0 bridgehead atoms. The highest BCUT2D eigenvalue weighted by Crippen LogP contribution is 2.27. The van der Waals surface area contributed by atoms with E-state index in [1.165, 1.54) is 0 Å². The Hall–Kier alpha value is -1.44. The van der Waals surface area contributed by atoms with Crippen LogP contribution >= 0.6 is 0 Å². The minimum atomic E-state index is -3.58. The number of benzene rings is 1. The van der Waals surface area contributed by atoms with Gasteiger partial charge in [-0.25, -0.2) is 8.42 Å². The van der Waals surface area contributed by atoms with E-state index >= 15 is 0 Å². The van der Waals surface area contributed by atoms with Crippen LogP contribution in [0.4, 0.5) is 0 Å². The molecule has 1 aromatic rings. The first kappa shape index (κ1) is 19.3. The van der Waals surface area contributed by atoms with Gasteiger partial charge in [-0.3, -0.25) is 4.79 Å². The van der Waals surface area contributed by atoms with Crippen molar-refractivity contribution in [3.63, 3.8) is 0 Å². The van der Waals surface area contributed by atoms with Gasteiger partial charge in [-0.1, -0.05) is 12.5 Å². The maximum absolute atomic E-state index is 13.1. The highest BCUT2D eigenvalue weighted by Gasteiger charge is 2.32. The predicted molar refractivity (Wildman–Crippen MR) is 101 cm³/mol. The number of piperidine rings is 2. The highest BCUT2D eigenvalue weighted by molar-refractivity contribution is 7.89. The van der Waals surface area contributed by atoms with Crippen molar-refractivity contribution in [1.82, 2.24) is 9.21 Å². The molecule has 0 aliphatic carbocycles. The maximum atomic E-state index is 13.1. The monoisotopic (exact) mass is 379 g/mol. The zero-order valence-corrected chi connectivity index (χ0v) is 16.5. The van der Waals surface area contributed by atoms with E-state index in [0.29, 0.717) is 25.2 Å². The molecule has 6 nitrogen and oxygen atoms in total. The Balaban J connectivity index is 1.88. The fourth-order valence-corrected chi connectivity index (χ4v) is 5.56. The highest BCUT2D eigenvalue weighted by atomic mass is 32.2. The van der Waals surface area contributed by atoms with Crippen LogP contribution in [-0.4, -0.2) is 55.2 Å². The molecule has 2 aliphatic heterocycles. The van der Waals surface area contributed by atoms with Crippen molar-refractivity contribution >= 4 is 15.9 Å². The van der Waals surface area contributed by atoms with Gasteiger partial charge in [0.25, 0.3) is 5.91 Å². The summed E-state index contributed by atoms with van der Waals surface area (Å²) < 4.78 is 27.8. The van der Waals surface area contributed by atoms with E-state index in [1.54, 1.807) is 27.4 Å². The lowest BCUT2D eigenvalue weighted by atomic mass is 10.0. The first-order valence-electron chi connectivity index (χ1n) is 9.48. The summed E-state index contributed by atoms with van der Waals surface area (Å²) in [7, 11) is -3.58. The molecule has 2 saturated heterocycles. The Labute approximate surface area is 156 Å². The number of aryl methyl sites for hydroxylation is 1. The van der Waals surface area contributed by atoms with E-state index < -0.39 is 10.0 Å². The van der Waals surface area contributed by atoms with Gasteiger partial charge in [-0.2, -0.15) is 4.31 Å². The molecule has 144 valence electrons. The summed E-state index contributed by atoms with van der Waals surface area (Å²) in [6.45, 7) is 5.60. The first-order chi connectivity index (χ1) is 12.3. The predicted octanol–water partition coefficient (Wildman–Crippen LogP) is 2.12. The lowest BCUT2D eigenvalue weighted by Crippen LogP contribution is -2.43. The molecular weight excluding hydrogens is 350 g/mol. The van der Waals surface area contributed by atoms with Crippen molar-refractivity contribution in [2.75, 3.05) is 19.6 Å². The number of nitrogens with two attached hydrogens (primary N) is 1. The van der Waals surface area contributed by atoms with E-state index in [-0.39, 0.29) is 22.9 Å². The summed E-state index contributed by atoms with van der Waals surface area (Å²) in [5.41, 5.74) is 7.20. The van der Waals surface area contributed by atoms with Crippen molar-refractivity contribution in [2.45, 2.75) is 62.9 Å². The van der Waals surface area contributed by atoms with E-state index in [2.05, 4.69) is 0 Å². The van der Waals surface area contributed by atoms with Crippen LogP contribution in [0.5, 0.6) is 0 Å². The second-order valence-corrected chi connectivity index (χ2v) is 9.46. The molecule has 2 fully saturated rings. The van der Waals surface area contributed by atoms with Crippen molar-refractivity contribution < 1.29 is 13.2 Å². The number of carbonyl (C=O) groups is 1. The SMILES string of the molecule is Cc1ccc(S(=O)(=O)N2CCCCC2C)cc1C(=O)N1CCC(N)CC1. The van der Waals surface area contributed by atoms with E-state index in [0.717, 1.165) is 37.7 Å². The number of hydrogen-bond acceptors (Lipinski definition) is 4. The minimum absolute atomic E-state index is 0.00205. The molecule has 1 aromatic carbocycles. The smallest absolute Gasteiger partial charge is 0.254 e. The van der Waals surface area contributed by atoms with Crippen LogP contribution in [0.2, 0.25) is 0 Å². The van der Waals surface area contributed by atoms with Crippen LogP contribution in [0.1, 0.15) is 54.9 Å². The Kier molecular flexibility index (Phi) is 5.69. The molecule has 0 saturated carbocycles. The quantitative estimate of drug-likeness (QED) is 0.872. The van der Waals surface area contributed by atoms with Crippen LogP contribution in [-0.2, 0) is 10.0 Å². The number of hydrogen-bond donors (Lipinski definition) is 1. The van der Waals surface area contributed by atoms with Gasteiger partial charge in [0.1, 0.15) is 0 Å². The summed E-state index contributed by atoms with van der Waals surface area (Å²) >= 11 is 0. The zero-order valence-electron chi connectivity index (χ0n) is 15.6. The van der Waals surface area contributed by atoms with Gasteiger partial charge in [0.15, 0.2) is 0 Å². The molecule has 1 amide bonds. The second-order valence-electron chi connectivity index (χ2n) is 7.57. The van der Waals surface area contributed by atoms with Gasteiger partial charge < -0.3 is 10.6 Å². The molecule has 7 heteroatoms. The number of nitrogens with zero attached hydrogens (tertiary/aromatic N) is 2. The van der Waals surface area contributed by atoms with Crippen LogP contribution in [0.15, 0.2) is 23.1 Å². The molecule has 1 atom stereocenters. The van der Waals surface area contributed by atoms with Crippen LogP contribution < -0.4 is 5.73 Å². The lowest BCUT2D eigenvalue weighted by molar-refractivity contribution is 0.0713. The van der Waals surface area contributed by atoms with Crippen LogP contribution in [0.3, 0.4) is 0 Å². The molecule has 2 aliphatic rings. The molecule has 26 heavy (non-hydrogen) atoms. The summed E-state index contributed by atoms with van der Waals surface area (Å²) in [5, 5.41) is 0. The molecule has 3 rings (SSSR count). The van der Waals surface area contributed by atoms with E-state index in [9.17, 15) is 13.2 Å². The maximum Gasteiger partial charge on any atom is 0.254 e. The largest absolute Gasteiger partial charge is 0.339 e. The van der Waals surface area contributed by atoms with Gasteiger partial charge in [0.05, 0.1) is 4.90 Å². The fraction of sp³-hybridized carbons (Fsp3) is 0.632. The van der Waals surface area contributed by atoms with Crippen molar-refractivity contribution in [1.29, 1.82) is 0 Å². The Morgan fingerprint density at radius 3 is 2.46 bits per heavy atom. The zero-order chi connectivity index (χ0) is 18.9. The molecule has 2 N–H and O–H groups in total. The second kappa shape index (κ2) is 7.66. The van der Waals surface area contributed by atoms with Crippen molar-refractivity contribution in [3.05, 3.63) is 29.3 Å². The van der Waals surface area contributed by atoms with Crippen molar-refractivity contribution in [2.24, 2.45) is 5.73 Å². The average Bonchev–Trinajstić information content (AvgIpc) is 2.62. The van der Waals surface area contributed by atoms with Crippen LogP contribution in [0, 0.1) is 6.92 Å². The number of carbonyl (C=O) groups excluding carboxylic acids is 1. The molecule has 0 aromatic heterocycles. The summed E-state index contributed by atoms with van der Waals surface area (Å²) in [6, 6.07) is 5.06. The average molecular weight is 380 g/mol. The third-order valence-corrected chi connectivity index (χ3v) is 7.62. The molecule has 0 spiro atoms. The topological polar surface area (TPSA) is 83.7 Å². The number of likely N-dealkylation sites (tertiary alicyclic amines) is 1. The Bertz CT molecular complexity index is 770. The third-order valence-electron chi connectivity index (χ3n) is 5.61. The van der Waals surface area contributed by atoms with Gasteiger partial charge in [0, 0.05) is 37.3 Å². The fourth-order valence-electron chi connectivity index (χ4n) is 3.83. The number of sulfonamides is 1. The standard InChI is InChI=1S/C19H29N3O3S/c1-14-6-7-17(26(24,25)22-10-4-3-5-15(22)2)13-18(14)19(23)21-11-8-16(20)9-12-21/h6-7,13,15-16H,3-5,8-12,20H2,1-2H3. The summed E-state index contributed by atoms with van der Waals surface area (Å²) in [5.74, 6) is -0.0989. The summed E-state index contributed by atoms with van der Waals surface area (Å²) in [4.78, 5) is 14.9. The van der Waals surface area contributed by atoms with Crippen molar-refractivity contribution in [3.8, 4) is 0 Å². The minimum Gasteiger partial charge on any atom is -0.339 e. The summed E-state index contributed by atoms with van der Waals surface area (Å²) in [6.07, 6.45) is 4.39. The number of amides is 1. The molecule has 0 radical (unpaired) electrons. The lowest BCUT2D eigenvalue weighted by Gasteiger charge is -2.33. The van der Waals surface area contributed by atoms with E-state index in [4.69, 9.17) is 5.73 Å². The number of rotatable bonds is 3. The third kappa shape index (κ3) is 3.80.